The maximum Gasteiger partial charge on any atom is 0.119 e. The minimum atomic E-state index is -0.802. The summed E-state index contributed by atoms with van der Waals surface area (Å²) in [6.45, 7) is 3.47. The van der Waals surface area contributed by atoms with Crippen molar-refractivity contribution in [2.75, 3.05) is 0 Å². The van der Waals surface area contributed by atoms with E-state index in [1.807, 2.05) is 24.3 Å². The first-order valence-electron chi connectivity index (χ1n) is 4.75. The average Bonchev–Trinajstić information content (AvgIpc) is 2.61. The van der Waals surface area contributed by atoms with Gasteiger partial charge < -0.3 is 5.11 Å². The monoisotopic (exact) mass is 241 g/mol. The van der Waals surface area contributed by atoms with Gasteiger partial charge >= 0.3 is 0 Å². The molecule has 0 unspecified atom stereocenters. The van der Waals surface area contributed by atoms with Crippen molar-refractivity contribution in [1.82, 2.24) is 4.98 Å². The van der Waals surface area contributed by atoms with Crippen molar-refractivity contribution in [3.63, 3.8) is 0 Å². The molecule has 0 saturated heterocycles. The molecule has 0 bridgehead atoms. The van der Waals surface area contributed by atoms with Gasteiger partial charge in [0.2, 0.25) is 0 Å². The van der Waals surface area contributed by atoms with Gasteiger partial charge in [0, 0.05) is 0 Å². The lowest BCUT2D eigenvalue weighted by Crippen LogP contribution is -2.27. The first kappa shape index (κ1) is 10.9. The van der Waals surface area contributed by atoms with Gasteiger partial charge in [0.15, 0.2) is 0 Å². The fraction of sp³-hybridized carbons (Fsp3) is 0.364. The lowest BCUT2D eigenvalue weighted by molar-refractivity contribution is 0.150. The van der Waals surface area contributed by atoms with Gasteiger partial charge in [-0.25, -0.2) is 4.98 Å². The second-order valence-corrected chi connectivity index (χ2v) is 5.55. The van der Waals surface area contributed by atoms with Crippen molar-refractivity contribution in [2.45, 2.75) is 24.8 Å². The highest BCUT2D eigenvalue weighted by Gasteiger charge is 2.32. The summed E-state index contributed by atoms with van der Waals surface area (Å²) in [4.78, 5) is 3.63. The molecule has 15 heavy (non-hydrogen) atoms. The van der Waals surface area contributed by atoms with Crippen LogP contribution in [0.25, 0.3) is 10.2 Å². The first-order valence-corrected chi connectivity index (χ1v) is 5.94. The lowest BCUT2D eigenvalue weighted by Gasteiger charge is -2.22. The summed E-state index contributed by atoms with van der Waals surface area (Å²) in [6, 6.07) is 7.87. The van der Waals surface area contributed by atoms with E-state index < -0.39 is 11.0 Å². The molecule has 0 spiro atoms. The highest BCUT2D eigenvalue weighted by atomic mass is 35.5. The molecular weight excluding hydrogens is 230 g/mol. The quantitative estimate of drug-likeness (QED) is 0.820. The standard InChI is InChI=1S/C11H12ClNOS/c1-7(14)11(2,12)10-13-8-5-3-4-6-9(8)15-10/h3-7,14H,1-2H3/t7-,11-/m1/s1. The van der Waals surface area contributed by atoms with Crippen LogP contribution in [-0.4, -0.2) is 16.2 Å². The van der Waals surface area contributed by atoms with E-state index in [1.165, 1.54) is 11.3 Å². The Morgan fingerprint density at radius 2 is 2.13 bits per heavy atom. The molecular formula is C11H12ClNOS. The Morgan fingerprint density at radius 1 is 1.47 bits per heavy atom. The van der Waals surface area contributed by atoms with Gasteiger partial charge in [-0.05, 0) is 26.0 Å². The summed E-state index contributed by atoms with van der Waals surface area (Å²) in [5, 5.41) is 10.4. The minimum Gasteiger partial charge on any atom is -0.391 e. The number of fused-ring (bicyclic) bond motifs is 1. The van der Waals surface area contributed by atoms with E-state index in [0.29, 0.717) is 0 Å². The van der Waals surface area contributed by atoms with Crippen LogP contribution in [0, 0.1) is 0 Å². The predicted octanol–water partition coefficient (Wildman–Crippen LogP) is 3.13. The molecule has 0 aliphatic carbocycles. The fourth-order valence-corrected chi connectivity index (χ4v) is 2.51. The smallest absolute Gasteiger partial charge is 0.119 e. The van der Waals surface area contributed by atoms with Crippen LogP contribution in [-0.2, 0) is 4.87 Å². The first-order chi connectivity index (χ1) is 7.01. The second-order valence-electron chi connectivity index (χ2n) is 3.74. The summed E-state index contributed by atoms with van der Waals surface area (Å²) in [5.41, 5.74) is 0.935. The number of aliphatic hydroxyl groups excluding tert-OH is 1. The Labute approximate surface area is 97.5 Å². The van der Waals surface area contributed by atoms with E-state index in [0.717, 1.165) is 15.2 Å². The number of benzene rings is 1. The number of hydrogen-bond acceptors (Lipinski definition) is 3. The molecule has 0 amide bonds. The molecule has 2 atom stereocenters. The van der Waals surface area contributed by atoms with E-state index in [-0.39, 0.29) is 0 Å². The van der Waals surface area contributed by atoms with E-state index >= 15 is 0 Å². The van der Waals surface area contributed by atoms with Crippen LogP contribution in [0.5, 0.6) is 0 Å². The number of aliphatic hydroxyl groups is 1. The number of hydrogen-bond donors (Lipinski definition) is 1. The predicted molar refractivity (Wildman–Crippen MR) is 64.5 cm³/mol. The largest absolute Gasteiger partial charge is 0.391 e. The van der Waals surface area contributed by atoms with Gasteiger partial charge in [-0.2, -0.15) is 0 Å². The second kappa shape index (κ2) is 3.74. The number of aromatic nitrogens is 1. The fourth-order valence-electron chi connectivity index (χ4n) is 1.26. The number of rotatable bonds is 2. The molecule has 0 radical (unpaired) electrons. The Hall–Kier alpha value is -0.640. The molecule has 0 fully saturated rings. The third kappa shape index (κ3) is 1.87. The van der Waals surface area contributed by atoms with Crippen LogP contribution in [0.4, 0.5) is 0 Å². The number of alkyl halides is 1. The van der Waals surface area contributed by atoms with E-state index in [2.05, 4.69) is 4.98 Å². The van der Waals surface area contributed by atoms with Crippen molar-refractivity contribution < 1.29 is 5.11 Å². The van der Waals surface area contributed by atoms with Gasteiger partial charge in [0.25, 0.3) is 0 Å². The average molecular weight is 242 g/mol. The van der Waals surface area contributed by atoms with E-state index in [4.69, 9.17) is 11.6 Å². The van der Waals surface area contributed by atoms with Crippen molar-refractivity contribution in [1.29, 1.82) is 0 Å². The van der Waals surface area contributed by atoms with E-state index in [1.54, 1.807) is 13.8 Å². The number of nitrogens with zero attached hydrogens (tertiary/aromatic N) is 1. The maximum atomic E-state index is 9.59. The molecule has 4 heteroatoms. The van der Waals surface area contributed by atoms with Crippen LogP contribution >= 0.6 is 22.9 Å². The zero-order valence-corrected chi connectivity index (χ0v) is 10.1. The summed E-state index contributed by atoms with van der Waals surface area (Å²) in [7, 11) is 0. The van der Waals surface area contributed by atoms with Crippen molar-refractivity contribution in [3.05, 3.63) is 29.3 Å². The highest BCUT2D eigenvalue weighted by molar-refractivity contribution is 7.18. The van der Waals surface area contributed by atoms with Crippen LogP contribution < -0.4 is 0 Å². The van der Waals surface area contributed by atoms with Crippen molar-refractivity contribution >= 4 is 33.2 Å². The van der Waals surface area contributed by atoms with Crippen molar-refractivity contribution in [3.8, 4) is 0 Å². The summed E-state index contributed by atoms with van der Waals surface area (Å²) in [5.74, 6) is 0. The normalized spacial score (nSPS) is 17.6. The molecule has 1 N–H and O–H groups in total. The van der Waals surface area contributed by atoms with Crippen molar-refractivity contribution in [2.24, 2.45) is 0 Å². The third-order valence-corrected chi connectivity index (χ3v) is 4.38. The number of halogens is 1. The van der Waals surface area contributed by atoms with E-state index in [9.17, 15) is 5.11 Å². The lowest BCUT2D eigenvalue weighted by atomic mass is 10.1. The summed E-state index contributed by atoms with van der Waals surface area (Å²) in [6.07, 6.45) is -0.625. The molecule has 0 saturated carbocycles. The van der Waals surface area contributed by atoms with Crippen LogP contribution in [0.3, 0.4) is 0 Å². The Morgan fingerprint density at radius 3 is 2.73 bits per heavy atom. The zero-order valence-electron chi connectivity index (χ0n) is 8.57. The molecule has 1 aromatic heterocycles. The van der Waals surface area contributed by atoms with Gasteiger partial charge in [0.1, 0.15) is 9.88 Å². The molecule has 1 aromatic carbocycles. The molecule has 0 aliphatic heterocycles. The Bertz CT molecular complexity index is 445. The number of para-hydroxylation sites is 1. The van der Waals surface area contributed by atoms with Gasteiger partial charge in [0.05, 0.1) is 16.3 Å². The molecule has 1 heterocycles. The number of thiazole rings is 1. The topological polar surface area (TPSA) is 33.1 Å². The van der Waals surface area contributed by atoms with Gasteiger partial charge in [-0.1, -0.05) is 12.1 Å². The Kier molecular flexibility index (Phi) is 2.71. The summed E-state index contributed by atoms with van der Waals surface area (Å²) < 4.78 is 1.10. The molecule has 2 aromatic rings. The maximum absolute atomic E-state index is 9.59. The van der Waals surface area contributed by atoms with Crippen LogP contribution in [0.15, 0.2) is 24.3 Å². The molecule has 2 rings (SSSR count). The molecule has 2 nitrogen and oxygen atoms in total. The molecule has 80 valence electrons. The highest BCUT2D eigenvalue weighted by Crippen LogP contribution is 2.37. The summed E-state index contributed by atoms with van der Waals surface area (Å²) >= 11 is 7.80. The van der Waals surface area contributed by atoms with Crippen LogP contribution in [0.1, 0.15) is 18.9 Å². The Balaban J connectivity index is 2.53. The van der Waals surface area contributed by atoms with Gasteiger partial charge in [-0.15, -0.1) is 22.9 Å². The SMILES string of the molecule is C[C@@H](O)[C@@](C)(Cl)c1nc2ccccc2s1. The van der Waals surface area contributed by atoms with Gasteiger partial charge in [-0.3, -0.25) is 0 Å². The third-order valence-electron chi connectivity index (χ3n) is 2.50. The zero-order chi connectivity index (χ0) is 11.1. The molecule has 0 aliphatic rings. The van der Waals surface area contributed by atoms with Crippen LogP contribution in [0.2, 0.25) is 0 Å². The minimum absolute atomic E-state index is 0.625.